The number of nitrogens with one attached hydrogen (secondary N) is 1. The molecule has 1 N–H and O–H groups in total. The van der Waals surface area contributed by atoms with Crippen LogP contribution in [0, 0.1) is 19.7 Å². The molecule has 1 aromatic heterocycles. The summed E-state index contributed by atoms with van der Waals surface area (Å²) < 4.78 is 42.5. The Labute approximate surface area is 156 Å². The van der Waals surface area contributed by atoms with Crippen LogP contribution >= 0.6 is 11.6 Å². The van der Waals surface area contributed by atoms with Crippen molar-refractivity contribution in [2.45, 2.75) is 25.3 Å². The van der Waals surface area contributed by atoms with Crippen molar-refractivity contribution < 1.29 is 12.8 Å². The van der Waals surface area contributed by atoms with Crippen LogP contribution in [0.5, 0.6) is 0 Å². The molecule has 26 heavy (non-hydrogen) atoms. The van der Waals surface area contributed by atoms with Crippen molar-refractivity contribution in [3.8, 4) is 0 Å². The maximum Gasteiger partial charge on any atom is 0.262 e. The number of halogens is 2. The summed E-state index contributed by atoms with van der Waals surface area (Å²) in [6.07, 6.45) is 0. The quantitative estimate of drug-likeness (QED) is 0.708. The van der Waals surface area contributed by atoms with Crippen molar-refractivity contribution in [3.05, 3.63) is 76.3 Å². The van der Waals surface area contributed by atoms with Crippen LogP contribution < -0.4 is 4.72 Å². The fourth-order valence-electron chi connectivity index (χ4n) is 2.57. The van der Waals surface area contributed by atoms with Gasteiger partial charge in [0.05, 0.1) is 28.5 Å². The molecule has 5 nitrogen and oxygen atoms in total. The van der Waals surface area contributed by atoms with Gasteiger partial charge >= 0.3 is 0 Å². The summed E-state index contributed by atoms with van der Waals surface area (Å²) in [5, 5.41) is 4.86. The zero-order chi connectivity index (χ0) is 18.9. The van der Waals surface area contributed by atoms with Gasteiger partial charge in [0.2, 0.25) is 0 Å². The van der Waals surface area contributed by atoms with Crippen molar-refractivity contribution in [2.24, 2.45) is 0 Å². The van der Waals surface area contributed by atoms with Crippen LogP contribution in [0.1, 0.15) is 17.0 Å². The largest absolute Gasteiger partial charge is 0.276 e. The molecule has 0 aliphatic carbocycles. The smallest absolute Gasteiger partial charge is 0.262 e. The Bertz CT molecular complexity index is 1030. The fraction of sp³-hybridized carbons (Fsp3) is 0.167. The first-order valence-corrected chi connectivity index (χ1v) is 9.69. The molecule has 0 unspecified atom stereocenters. The molecule has 2 aromatic carbocycles. The van der Waals surface area contributed by atoms with Gasteiger partial charge in [0.25, 0.3) is 10.0 Å². The molecule has 0 radical (unpaired) electrons. The van der Waals surface area contributed by atoms with E-state index in [2.05, 4.69) is 9.82 Å². The molecule has 0 atom stereocenters. The van der Waals surface area contributed by atoms with E-state index in [1.54, 1.807) is 30.7 Å². The molecule has 1 heterocycles. The first-order valence-electron chi connectivity index (χ1n) is 7.83. The average molecular weight is 394 g/mol. The first-order chi connectivity index (χ1) is 12.3. The number of nitrogens with zero attached hydrogens (tertiary/aromatic N) is 2. The van der Waals surface area contributed by atoms with Gasteiger partial charge in [0.15, 0.2) is 0 Å². The SMILES string of the molecule is Cc1nn(Cc2ccc(F)cc2)c(C)c1NS(=O)(=O)c1ccc(Cl)cc1. The van der Waals surface area contributed by atoms with Gasteiger partial charge in [0, 0.05) is 5.02 Å². The van der Waals surface area contributed by atoms with E-state index in [1.165, 1.54) is 36.4 Å². The Hall–Kier alpha value is -2.38. The Morgan fingerprint density at radius 2 is 1.69 bits per heavy atom. The third kappa shape index (κ3) is 3.89. The van der Waals surface area contributed by atoms with Gasteiger partial charge in [-0.25, -0.2) is 12.8 Å². The van der Waals surface area contributed by atoms with Crippen molar-refractivity contribution in [1.29, 1.82) is 0 Å². The van der Waals surface area contributed by atoms with Crippen molar-refractivity contribution in [1.82, 2.24) is 9.78 Å². The Balaban J connectivity index is 1.88. The van der Waals surface area contributed by atoms with Crippen molar-refractivity contribution >= 4 is 27.3 Å². The molecule has 0 spiro atoms. The topological polar surface area (TPSA) is 64.0 Å². The van der Waals surface area contributed by atoms with E-state index in [0.717, 1.165) is 5.56 Å². The predicted octanol–water partition coefficient (Wildman–Crippen LogP) is 4.14. The molecule has 0 saturated heterocycles. The number of hydrogen-bond acceptors (Lipinski definition) is 3. The van der Waals surface area contributed by atoms with Gasteiger partial charge in [-0.1, -0.05) is 23.7 Å². The summed E-state index contributed by atoms with van der Waals surface area (Å²) in [4.78, 5) is 0.118. The Kier molecular flexibility index (Phi) is 5.02. The summed E-state index contributed by atoms with van der Waals surface area (Å²) in [6, 6.07) is 12.0. The lowest BCUT2D eigenvalue weighted by Crippen LogP contribution is -2.14. The normalized spacial score (nSPS) is 11.5. The van der Waals surface area contributed by atoms with E-state index >= 15 is 0 Å². The molecule has 0 fully saturated rings. The van der Waals surface area contributed by atoms with Gasteiger partial charge in [-0.3, -0.25) is 9.40 Å². The summed E-state index contributed by atoms with van der Waals surface area (Å²) in [5.74, 6) is -0.307. The van der Waals surface area contributed by atoms with E-state index < -0.39 is 10.0 Å². The molecule has 8 heteroatoms. The van der Waals surface area contributed by atoms with Crippen molar-refractivity contribution in [2.75, 3.05) is 4.72 Å². The number of aryl methyl sites for hydroxylation is 1. The number of anilines is 1. The Morgan fingerprint density at radius 3 is 2.31 bits per heavy atom. The maximum atomic E-state index is 13.0. The number of rotatable bonds is 5. The third-order valence-corrected chi connectivity index (χ3v) is 5.61. The van der Waals surface area contributed by atoms with E-state index in [-0.39, 0.29) is 10.7 Å². The number of aromatic nitrogens is 2. The molecule has 0 amide bonds. The fourth-order valence-corrected chi connectivity index (χ4v) is 3.87. The minimum absolute atomic E-state index is 0.118. The molecular weight excluding hydrogens is 377 g/mol. The number of sulfonamides is 1. The summed E-state index contributed by atoms with van der Waals surface area (Å²) in [6.45, 7) is 3.92. The second-order valence-corrected chi connectivity index (χ2v) is 8.01. The predicted molar refractivity (Wildman–Crippen MR) is 99.5 cm³/mol. The lowest BCUT2D eigenvalue weighted by atomic mass is 10.2. The minimum atomic E-state index is -3.75. The zero-order valence-electron chi connectivity index (χ0n) is 14.2. The van der Waals surface area contributed by atoms with Crippen LogP contribution in [-0.2, 0) is 16.6 Å². The lowest BCUT2D eigenvalue weighted by molar-refractivity contribution is 0.601. The van der Waals surface area contributed by atoms with E-state index in [9.17, 15) is 12.8 Å². The number of hydrogen-bond donors (Lipinski definition) is 1. The van der Waals surface area contributed by atoms with Crippen molar-refractivity contribution in [3.63, 3.8) is 0 Å². The highest BCUT2D eigenvalue weighted by Crippen LogP contribution is 2.24. The van der Waals surface area contributed by atoms with Gasteiger partial charge in [-0.05, 0) is 55.8 Å². The zero-order valence-corrected chi connectivity index (χ0v) is 15.8. The molecule has 136 valence electrons. The Morgan fingerprint density at radius 1 is 1.08 bits per heavy atom. The van der Waals surface area contributed by atoms with Gasteiger partial charge in [-0.2, -0.15) is 5.10 Å². The molecule has 0 aliphatic heterocycles. The molecule has 0 saturated carbocycles. The van der Waals surface area contributed by atoms with Gasteiger partial charge in [-0.15, -0.1) is 0 Å². The van der Waals surface area contributed by atoms with Gasteiger partial charge in [0.1, 0.15) is 5.82 Å². The highest BCUT2D eigenvalue weighted by Gasteiger charge is 2.20. The standard InChI is InChI=1S/C18H17ClFN3O2S/c1-12-18(22-26(24,25)17-9-5-15(19)6-10-17)13(2)23(21-12)11-14-3-7-16(20)8-4-14/h3-10,22H,11H2,1-2H3. The molecule has 0 aliphatic rings. The van der Waals surface area contributed by atoms with E-state index in [0.29, 0.717) is 28.6 Å². The highest BCUT2D eigenvalue weighted by atomic mass is 35.5. The number of benzene rings is 2. The van der Waals surface area contributed by atoms with Crippen LogP contribution in [-0.4, -0.2) is 18.2 Å². The average Bonchev–Trinajstić information content (AvgIpc) is 2.84. The highest BCUT2D eigenvalue weighted by molar-refractivity contribution is 7.92. The summed E-state index contributed by atoms with van der Waals surface area (Å²) in [7, 11) is -3.75. The van der Waals surface area contributed by atoms with Crippen LogP contribution in [0.2, 0.25) is 5.02 Å². The molecular formula is C18H17ClFN3O2S. The van der Waals surface area contributed by atoms with Crippen LogP contribution in [0.3, 0.4) is 0 Å². The second-order valence-electron chi connectivity index (χ2n) is 5.89. The second kappa shape index (κ2) is 7.09. The van der Waals surface area contributed by atoms with Crippen LogP contribution in [0.25, 0.3) is 0 Å². The molecule has 3 rings (SSSR count). The maximum absolute atomic E-state index is 13.0. The molecule has 3 aromatic rings. The first kappa shape index (κ1) is 18.4. The van der Waals surface area contributed by atoms with Gasteiger partial charge < -0.3 is 0 Å². The summed E-state index contributed by atoms with van der Waals surface area (Å²) in [5.41, 5.74) is 2.53. The summed E-state index contributed by atoms with van der Waals surface area (Å²) >= 11 is 5.81. The van der Waals surface area contributed by atoms with Crippen LogP contribution in [0.4, 0.5) is 10.1 Å². The molecule has 0 bridgehead atoms. The van der Waals surface area contributed by atoms with E-state index in [4.69, 9.17) is 11.6 Å². The van der Waals surface area contributed by atoms with Crippen LogP contribution in [0.15, 0.2) is 53.4 Å². The van der Waals surface area contributed by atoms with E-state index in [1.807, 2.05) is 0 Å². The third-order valence-electron chi connectivity index (χ3n) is 3.99. The minimum Gasteiger partial charge on any atom is -0.276 e. The lowest BCUT2D eigenvalue weighted by Gasteiger charge is -2.09. The monoisotopic (exact) mass is 393 g/mol.